The van der Waals surface area contributed by atoms with E-state index in [0.717, 1.165) is 0 Å². The number of hydrogen-bond donors (Lipinski definition) is 0. The molecule has 0 aliphatic carbocycles. The minimum absolute atomic E-state index is 1.34. The van der Waals surface area contributed by atoms with Crippen molar-refractivity contribution in [2.24, 2.45) is 0 Å². The first kappa shape index (κ1) is 22.3. The molecule has 3 rings (SSSR count). The number of allylic oxidation sites excluding steroid dienone is 2. The molecule has 0 N–H and O–H groups in total. The Morgan fingerprint density at radius 3 is 1.10 bits per heavy atom. The van der Waals surface area contributed by atoms with Crippen molar-refractivity contribution in [1.29, 1.82) is 0 Å². The molecule has 3 heteroatoms. The van der Waals surface area contributed by atoms with Crippen molar-refractivity contribution in [3.8, 4) is 0 Å². The molecule has 0 radical (unpaired) electrons. The highest BCUT2D eigenvalue weighted by Crippen LogP contribution is 2.56. The predicted octanol–water partition coefficient (Wildman–Crippen LogP) is 8.23. The highest BCUT2D eigenvalue weighted by atomic mass is 28.4. The Balaban J connectivity index is 2.56. The van der Waals surface area contributed by atoms with Crippen LogP contribution in [0, 0.1) is 0 Å². The van der Waals surface area contributed by atoms with E-state index in [-0.39, 0.29) is 0 Å². The number of benzene rings is 2. The molecule has 0 spiro atoms. The quantitative estimate of drug-likeness (QED) is 0.402. The van der Waals surface area contributed by atoms with Crippen LogP contribution in [-0.4, -0.2) is 24.2 Å². The van der Waals surface area contributed by atoms with Gasteiger partial charge in [-0.3, -0.25) is 0 Å². The van der Waals surface area contributed by atoms with Gasteiger partial charge in [0.2, 0.25) is 0 Å². The van der Waals surface area contributed by atoms with Gasteiger partial charge in [-0.2, -0.15) is 0 Å². The summed E-state index contributed by atoms with van der Waals surface area (Å²) in [7, 11) is -4.76. The molecule has 0 bridgehead atoms. The predicted molar refractivity (Wildman–Crippen MR) is 140 cm³/mol. The zero-order chi connectivity index (χ0) is 21.4. The van der Waals surface area contributed by atoms with Crippen molar-refractivity contribution in [3.63, 3.8) is 0 Å². The van der Waals surface area contributed by atoms with Crippen LogP contribution in [0.25, 0.3) is 11.1 Å². The minimum atomic E-state index is -1.72. The molecule has 0 aromatic heterocycles. The third kappa shape index (κ3) is 3.85. The van der Waals surface area contributed by atoms with Gasteiger partial charge in [0.25, 0.3) is 0 Å². The summed E-state index contributed by atoms with van der Waals surface area (Å²) in [4.78, 5) is 3.86. The second kappa shape index (κ2) is 8.01. The van der Waals surface area contributed by atoms with E-state index in [1.54, 1.807) is 11.1 Å². The first-order valence-electron chi connectivity index (χ1n) is 11.2. The average molecular weight is 435 g/mol. The van der Waals surface area contributed by atoms with Gasteiger partial charge in [-0.25, -0.2) is 0 Å². The van der Waals surface area contributed by atoms with Crippen molar-refractivity contribution in [2.75, 3.05) is 0 Å². The van der Waals surface area contributed by atoms with E-state index >= 15 is 0 Å². The van der Waals surface area contributed by atoms with E-state index < -0.39 is 24.2 Å². The maximum absolute atomic E-state index is 2.59. The van der Waals surface area contributed by atoms with Gasteiger partial charge in [-0.15, -0.1) is 0 Å². The molecule has 1 aliphatic rings. The normalized spacial score (nSPS) is 17.2. The molecule has 0 nitrogen and oxygen atoms in total. The zero-order valence-electron chi connectivity index (χ0n) is 19.7. The lowest BCUT2D eigenvalue weighted by atomic mass is 9.95. The Labute approximate surface area is 181 Å². The molecule has 0 saturated carbocycles. The topological polar surface area (TPSA) is 0 Å². The molecule has 0 amide bonds. The van der Waals surface area contributed by atoms with Crippen molar-refractivity contribution in [3.05, 3.63) is 81.4 Å². The molecule has 0 unspecified atom stereocenters. The molecular weight excluding hydrogens is 397 g/mol. The standard InChI is InChI=1S/C26H38Si3/c1-9-29(10-2)25(27(3,4)5)23(21-17-13-11-14-18-21)24(26(29)28(6,7)8)22-19-15-12-16-20-22/h11-20H,9-10H2,1-8H3. The molecule has 1 aliphatic heterocycles. The van der Waals surface area contributed by atoms with Gasteiger partial charge in [0.05, 0.1) is 16.1 Å². The van der Waals surface area contributed by atoms with E-state index in [0.29, 0.717) is 0 Å². The molecule has 2 aromatic carbocycles. The Morgan fingerprint density at radius 2 is 0.862 bits per heavy atom. The Hall–Kier alpha value is -1.43. The average Bonchev–Trinajstić information content (AvgIpc) is 3.01. The summed E-state index contributed by atoms with van der Waals surface area (Å²) in [5.74, 6) is 0. The summed E-state index contributed by atoms with van der Waals surface area (Å²) in [6, 6.07) is 25.3. The summed E-state index contributed by atoms with van der Waals surface area (Å²) < 4.78 is 0. The van der Waals surface area contributed by atoms with E-state index in [1.807, 2.05) is 9.64 Å². The monoisotopic (exact) mass is 434 g/mol. The lowest BCUT2D eigenvalue weighted by molar-refractivity contribution is 1.27. The van der Waals surface area contributed by atoms with E-state index in [2.05, 4.69) is 114 Å². The fourth-order valence-electron chi connectivity index (χ4n) is 5.78. The number of hydrogen-bond acceptors (Lipinski definition) is 0. The molecular formula is C26H38Si3. The third-order valence-electron chi connectivity index (χ3n) is 6.54. The third-order valence-corrected chi connectivity index (χ3v) is 22.2. The van der Waals surface area contributed by atoms with Gasteiger partial charge in [0.15, 0.2) is 0 Å². The maximum Gasteiger partial charge on any atom is 0.101 e. The molecule has 0 atom stereocenters. The second-order valence-corrected chi connectivity index (χ2v) is 26.1. The Morgan fingerprint density at radius 1 is 0.552 bits per heavy atom. The van der Waals surface area contributed by atoms with Crippen molar-refractivity contribution < 1.29 is 0 Å². The molecule has 154 valence electrons. The van der Waals surface area contributed by atoms with Crippen molar-refractivity contribution in [1.82, 2.24) is 0 Å². The van der Waals surface area contributed by atoms with Gasteiger partial charge in [0, 0.05) is 0 Å². The van der Waals surface area contributed by atoms with Crippen LogP contribution >= 0.6 is 0 Å². The van der Waals surface area contributed by atoms with Gasteiger partial charge < -0.3 is 0 Å². The highest BCUT2D eigenvalue weighted by molar-refractivity contribution is 7.20. The largest absolute Gasteiger partial charge is 0.101 e. The summed E-state index contributed by atoms with van der Waals surface area (Å²) in [6.07, 6.45) is 0. The highest BCUT2D eigenvalue weighted by Gasteiger charge is 2.53. The molecule has 1 heterocycles. The van der Waals surface area contributed by atoms with Crippen LogP contribution in [-0.2, 0) is 0 Å². The number of rotatable bonds is 6. The van der Waals surface area contributed by atoms with Gasteiger partial charge in [-0.05, 0) is 22.3 Å². The summed E-state index contributed by atoms with van der Waals surface area (Å²) >= 11 is 0. The van der Waals surface area contributed by atoms with E-state index in [9.17, 15) is 0 Å². The van der Waals surface area contributed by atoms with Crippen LogP contribution in [0.2, 0.25) is 51.4 Å². The first-order chi connectivity index (χ1) is 13.6. The van der Waals surface area contributed by atoms with Crippen LogP contribution in [0.15, 0.2) is 70.3 Å². The molecule has 2 aromatic rings. The SMILES string of the molecule is CC[Si]1(CC)C([Si](C)(C)C)=C(c2ccccc2)C(c2ccccc2)=C1[Si](C)(C)C. The van der Waals surface area contributed by atoms with Crippen LogP contribution < -0.4 is 0 Å². The van der Waals surface area contributed by atoms with E-state index in [4.69, 9.17) is 0 Å². The molecule has 0 fully saturated rings. The minimum Gasteiger partial charge on any atom is -0.0785 e. The first-order valence-corrected chi connectivity index (χ1v) is 20.6. The van der Waals surface area contributed by atoms with Gasteiger partial charge in [-0.1, -0.05) is 136 Å². The lowest BCUT2D eigenvalue weighted by Gasteiger charge is -2.42. The van der Waals surface area contributed by atoms with Crippen LogP contribution in [0.1, 0.15) is 25.0 Å². The Kier molecular flexibility index (Phi) is 6.15. The molecule has 29 heavy (non-hydrogen) atoms. The van der Waals surface area contributed by atoms with Crippen molar-refractivity contribution in [2.45, 2.75) is 65.2 Å². The summed E-state index contributed by atoms with van der Waals surface area (Å²) in [5, 5.41) is 0. The summed E-state index contributed by atoms with van der Waals surface area (Å²) in [6.45, 7) is 20.5. The van der Waals surface area contributed by atoms with Gasteiger partial charge >= 0.3 is 0 Å². The lowest BCUT2D eigenvalue weighted by Crippen LogP contribution is -2.51. The fraction of sp³-hybridized carbons (Fsp3) is 0.385. The van der Waals surface area contributed by atoms with Crippen LogP contribution in [0.4, 0.5) is 0 Å². The fourth-order valence-corrected chi connectivity index (χ4v) is 26.2. The zero-order valence-corrected chi connectivity index (χ0v) is 22.7. The molecule has 0 saturated heterocycles. The second-order valence-electron chi connectivity index (χ2n) is 10.5. The Bertz CT molecular complexity index is 844. The maximum atomic E-state index is 2.59. The summed E-state index contributed by atoms with van der Waals surface area (Å²) in [5.41, 5.74) is 6.14. The van der Waals surface area contributed by atoms with Crippen LogP contribution in [0.5, 0.6) is 0 Å². The van der Waals surface area contributed by atoms with E-state index in [1.165, 1.54) is 23.2 Å². The van der Waals surface area contributed by atoms with Crippen molar-refractivity contribution >= 4 is 35.4 Å². The van der Waals surface area contributed by atoms with Gasteiger partial charge in [0.1, 0.15) is 8.07 Å². The van der Waals surface area contributed by atoms with Crippen LogP contribution in [0.3, 0.4) is 0 Å². The smallest absolute Gasteiger partial charge is 0.0785 e.